The Balaban J connectivity index is 1.48. The quantitative estimate of drug-likeness (QED) is 0.502. The number of carbonyl (C=O) groups excluding carboxylic acids is 1. The summed E-state index contributed by atoms with van der Waals surface area (Å²) in [5.41, 5.74) is 2.94. The number of hydrogen-bond donors (Lipinski definition) is 1. The zero-order chi connectivity index (χ0) is 23.6. The lowest BCUT2D eigenvalue weighted by atomic mass is 9.67. The molecule has 2 saturated carbocycles. The molecule has 7 rings (SSSR count). The molecule has 4 aliphatic rings. The summed E-state index contributed by atoms with van der Waals surface area (Å²) in [6.07, 6.45) is 5.45. The minimum absolute atomic E-state index is 0.209. The first-order valence-electron chi connectivity index (χ1n) is 12.3. The predicted octanol–water partition coefficient (Wildman–Crippen LogP) is 6.21. The average Bonchev–Trinajstić information content (AvgIpc) is 3.11. The van der Waals surface area contributed by atoms with Crippen molar-refractivity contribution in [2.24, 2.45) is 11.8 Å². The van der Waals surface area contributed by atoms with Gasteiger partial charge in [-0.05, 0) is 81.4 Å². The van der Waals surface area contributed by atoms with E-state index >= 15 is 0 Å². The van der Waals surface area contributed by atoms with Crippen LogP contribution in [0.1, 0.15) is 85.1 Å². The summed E-state index contributed by atoms with van der Waals surface area (Å²) in [5.74, 6) is 0.243. The number of halogens is 2. The van der Waals surface area contributed by atoms with Crippen molar-refractivity contribution in [2.75, 3.05) is 0 Å². The van der Waals surface area contributed by atoms with Gasteiger partial charge in [-0.2, -0.15) is 5.10 Å². The topological polar surface area (TPSA) is 46.9 Å². The molecule has 3 aromatic rings. The molecule has 0 aliphatic heterocycles. The summed E-state index contributed by atoms with van der Waals surface area (Å²) in [4.78, 5) is 13.7. The van der Waals surface area contributed by atoms with Crippen molar-refractivity contribution in [3.8, 4) is 5.69 Å². The Morgan fingerprint density at radius 1 is 0.971 bits per heavy atom. The van der Waals surface area contributed by atoms with E-state index in [-0.39, 0.29) is 23.4 Å². The maximum atomic E-state index is 14.9. The minimum Gasteiger partial charge on any atom is -0.342 e. The molecule has 1 N–H and O–H groups in total. The molecule has 4 nitrogen and oxygen atoms in total. The van der Waals surface area contributed by atoms with Gasteiger partial charge in [-0.15, -0.1) is 0 Å². The van der Waals surface area contributed by atoms with Gasteiger partial charge in [0.15, 0.2) is 11.5 Å². The van der Waals surface area contributed by atoms with Gasteiger partial charge in [-0.3, -0.25) is 4.79 Å². The summed E-state index contributed by atoms with van der Waals surface area (Å²) in [5, 5.41) is 7.92. The third-order valence-corrected chi connectivity index (χ3v) is 8.17. The van der Waals surface area contributed by atoms with Crippen molar-refractivity contribution in [1.29, 1.82) is 0 Å². The summed E-state index contributed by atoms with van der Waals surface area (Å²) < 4.78 is 30.2. The van der Waals surface area contributed by atoms with Crippen LogP contribution in [0.4, 0.5) is 8.78 Å². The molecule has 1 amide bonds. The van der Waals surface area contributed by atoms with E-state index in [1.54, 1.807) is 4.68 Å². The highest BCUT2D eigenvalue weighted by molar-refractivity contribution is 5.95. The Kier molecular flexibility index (Phi) is 4.91. The molecular weight excluding hydrogens is 432 g/mol. The Labute approximate surface area is 198 Å². The molecule has 4 bridgehead atoms. The standard InChI is InChI=1S/C28H29F2N3O/c1-28(2,20-6-4-3-5-7-20)31-27(34)25-24-18-11-16-10-17(12-18)14-19(13-16)26(24)33(32-25)23-9-8-21(29)15-22(23)30/h3-9,15-19H,10-14H2,1-2H3,(H,31,34). The third-order valence-electron chi connectivity index (χ3n) is 8.17. The SMILES string of the molecule is CC(C)(NC(=O)c1nn(-c2ccc(F)cc2F)c2c1C1CC3CC(C1)CC2C3)c1ccccc1. The number of rotatable bonds is 4. The average molecular weight is 462 g/mol. The molecule has 34 heavy (non-hydrogen) atoms. The molecular formula is C28H29F2N3O. The Morgan fingerprint density at radius 3 is 2.32 bits per heavy atom. The van der Waals surface area contributed by atoms with Crippen LogP contribution in [-0.2, 0) is 5.54 Å². The molecule has 2 aromatic carbocycles. The highest BCUT2D eigenvalue weighted by atomic mass is 19.1. The van der Waals surface area contributed by atoms with Crippen LogP contribution in [0.15, 0.2) is 48.5 Å². The number of nitrogens with one attached hydrogen (secondary N) is 1. The van der Waals surface area contributed by atoms with Crippen molar-refractivity contribution < 1.29 is 13.6 Å². The number of amides is 1. The Bertz CT molecular complexity index is 1250. The van der Waals surface area contributed by atoms with E-state index in [4.69, 9.17) is 5.10 Å². The van der Waals surface area contributed by atoms with E-state index in [0.717, 1.165) is 48.6 Å². The van der Waals surface area contributed by atoms with Gasteiger partial charge in [-0.25, -0.2) is 13.5 Å². The van der Waals surface area contributed by atoms with Crippen molar-refractivity contribution in [3.05, 3.63) is 82.7 Å². The van der Waals surface area contributed by atoms with Gasteiger partial charge in [0.25, 0.3) is 5.91 Å². The third kappa shape index (κ3) is 3.46. The summed E-state index contributed by atoms with van der Waals surface area (Å²) >= 11 is 0. The molecule has 4 aliphatic carbocycles. The number of hydrogen-bond acceptors (Lipinski definition) is 2. The molecule has 0 radical (unpaired) electrons. The first kappa shape index (κ1) is 21.5. The van der Waals surface area contributed by atoms with E-state index in [1.165, 1.54) is 18.6 Å². The Hall–Kier alpha value is -3.02. The molecule has 1 heterocycles. The molecule has 6 heteroatoms. The number of carbonyl (C=O) groups is 1. The summed E-state index contributed by atoms with van der Waals surface area (Å²) in [7, 11) is 0. The molecule has 0 spiro atoms. The predicted molar refractivity (Wildman–Crippen MR) is 126 cm³/mol. The number of nitrogens with zero attached hydrogens (tertiary/aromatic N) is 2. The zero-order valence-electron chi connectivity index (χ0n) is 19.5. The minimum atomic E-state index is -0.661. The molecule has 2 unspecified atom stereocenters. The van der Waals surface area contributed by atoms with Gasteiger partial charge in [0.05, 0.1) is 11.2 Å². The highest BCUT2D eigenvalue weighted by Gasteiger charge is 2.46. The van der Waals surface area contributed by atoms with Crippen molar-refractivity contribution in [3.63, 3.8) is 0 Å². The van der Waals surface area contributed by atoms with Gasteiger partial charge in [0.2, 0.25) is 0 Å². The second kappa shape index (κ2) is 7.76. The van der Waals surface area contributed by atoms with E-state index < -0.39 is 17.2 Å². The van der Waals surface area contributed by atoms with Crippen molar-refractivity contribution in [2.45, 2.75) is 63.3 Å². The Morgan fingerprint density at radius 2 is 1.65 bits per heavy atom. The monoisotopic (exact) mass is 461 g/mol. The normalized spacial score (nSPS) is 25.2. The zero-order valence-corrected chi connectivity index (χ0v) is 19.5. The maximum Gasteiger partial charge on any atom is 0.272 e. The lowest BCUT2D eigenvalue weighted by Crippen LogP contribution is -2.41. The summed E-state index contributed by atoms with van der Waals surface area (Å²) in [6, 6.07) is 13.4. The molecule has 176 valence electrons. The van der Waals surface area contributed by atoms with Crippen LogP contribution in [0.5, 0.6) is 0 Å². The smallest absolute Gasteiger partial charge is 0.272 e. The van der Waals surface area contributed by atoms with Crippen molar-refractivity contribution in [1.82, 2.24) is 15.1 Å². The molecule has 2 fully saturated rings. The van der Waals surface area contributed by atoms with Gasteiger partial charge < -0.3 is 5.32 Å². The van der Waals surface area contributed by atoms with Crippen LogP contribution in [0.2, 0.25) is 0 Å². The van der Waals surface area contributed by atoms with Crippen LogP contribution in [0, 0.1) is 23.5 Å². The first-order chi connectivity index (χ1) is 16.3. The van der Waals surface area contributed by atoms with Gasteiger partial charge in [-0.1, -0.05) is 30.3 Å². The largest absolute Gasteiger partial charge is 0.342 e. The van der Waals surface area contributed by atoms with Crippen LogP contribution in [0.25, 0.3) is 5.69 Å². The molecule has 2 atom stereocenters. The van der Waals surface area contributed by atoms with E-state index in [1.807, 2.05) is 44.2 Å². The van der Waals surface area contributed by atoms with E-state index in [9.17, 15) is 13.6 Å². The highest BCUT2D eigenvalue weighted by Crippen LogP contribution is 2.57. The molecule has 0 saturated heterocycles. The van der Waals surface area contributed by atoms with Crippen molar-refractivity contribution >= 4 is 5.91 Å². The lowest BCUT2D eigenvalue weighted by Gasteiger charge is -2.38. The van der Waals surface area contributed by atoms with Gasteiger partial charge in [0.1, 0.15) is 11.5 Å². The van der Waals surface area contributed by atoms with Crippen LogP contribution in [0.3, 0.4) is 0 Å². The lowest BCUT2D eigenvalue weighted by molar-refractivity contribution is 0.0903. The second-order valence-corrected chi connectivity index (χ2v) is 10.9. The summed E-state index contributed by atoms with van der Waals surface area (Å²) in [6.45, 7) is 3.95. The van der Waals surface area contributed by atoms with Gasteiger partial charge >= 0.3 is 0 Å². The fourth-order valence-corrected chi connectivity index (χ4v) is 6.82. The maximum absolute atomic E-state index is 14.9. The van der Waals surface area contributed by atoms with Crippen LogP contribution >= 0.6 is 0 Å². The van der Waals surface area contributed by atoms with E-state index in [2.05, 4.69) is 5.32 Å². The van der Waals surface area contributed by atoms with Crippen LogP contribution < -0.4 is 5.32 Å². The number of aromatic nitrogens is 2. The fourth-order valence-electron chi connectivity index (χ4n) is 6.82. The van der Waals surface area contributed by atoms with Gasteiger partial charge in [0, 0.05) is 17.5 Å². The first-order valence-corrected chi connectivity index (χ1v) is 12.3. The number of benzene rings is 2. The fraction of sp³-hybridized carbons (Fsp3) is 0.429. The molecule has 1 aromatic heterocycles. The van der Waals surface area contributed by atoms with E-state index in [0.29, 0.717) is 17.5 Å². The van der Waals surface area contributed by atoms with Crippen LogP contribution in [-0.4, -0.2) is 15.7 Å². The second-order valence-electron chi connectivity index (χ2n) is 10.9.